The van der Waals surface area contributed by atoms with Crippen molar-refractivity contribution in [1.82, 2.24) is 5.32 Å². The number of nitrogens with one attached hydrogen (secondary N) is 2. The number of rotatable bonds is 6. The largest absolute Gasteiger partial charge is 0.326 e. The number of hydrogen-bond donors (Lipinski definition) is 2. The third-order valence-electron chi connectivity index (χ3n) is 2.89. The first kappa shape index (κ1) is 18.9. The van der Waals surface area contributed by atoms with Gasteiger partial charge in [0.05, 0.1) is 0 Å². The van der Waals surface area contributed by atoms with Crippen LogP contribution in [0.5, 0.6) is 0 Å². The normalized spacial score (nSPS) is 10.8. The zero-order chi connectivity index (χ0) is 14.3. The maximum absolute atomic E-state index is 11.9. The van der Waals surface area contributed by atoms with Crippen LogP contribution in [0.15, 0.2) is 24.3 Å². The Kier molecular flexibility index (Phi) is 8.51. The van der Waals surface area contributed by atoms with E-state index in [1.807, 2.05) is 18.2 Å². The third-order valence-corrected chi connectivity index (χ3v) is 2.89. The zero-order valence-electron chi connectivity index (χ0n) is 13.0. The lowest BCUT2D eigenvalue weighted by Gasteiger charge is -2.17. The minimum atomic E-state index is 0. The van der Waals surface area contributed by atoms with Crippen molar-refractivity contribution in [3.8, 4) is 0 Å². The van der Waals surface area contributed by atoms with Crippen molar-refractivity contribution in [3.63, 3.8) is 0 Å². The van der Waals surface area contributed by atoms with E-state index in [0.717, 1.165) is 25.2 Å². The topological polar surface area (TPSA) is 41.1 Å². The molecule has 114 valence electrons. The van der Waals surface area contributed by atoms with E-state index in [1.165, 1.54) is 5.56 Å². The summed E-state index contributed by atoms with van der Waals surface area (Å²) in [5.74, 6) is 0.0931. The van der Waals surface area contributed by atoms with Gasteiger partial charge in [-0.15, -0.1) is 12.4 Å². The van der Waals surface area contributed by atoms with Gasteiger partial charge in [0.25, 0.3) is 0 Å². The first-order chi connectivity index (χ1) is 8.90. The Hall–Kier alpha value is -1.06. The highest BCUT2D eigenvalue weighted by Gasteiger charge is 2.12. The van der Waals surface area contributed by atoms with Crippen molar-refractivity contribution in [2.75, 3.05) is 11.9 Å². The van der Waals surface area contributed by atoms with Gasteiger partial charge in [0.15, 0.2) is 0 Å². The van der Waals surface area contributed by atoms with Crippen LogP contribution in [0.3, 0.4) is 0 Å². The maximum Gasteiger partial charge on any atom is 0.224 e. The molecule has 0 saturated heterocycles. The molecular weight excluding hydrogens is 272 g/mol. The Morgan fingerprint density at radius 1 is 1.25 bits per heavy atom. The van der Waals surface area contributed by atoms with Gasteiger partial charge in [0.1, 0.15) is 0 Å². The summed E-state index contributed by atoms with van der Waals surface area (Å²) in [5, 5.41) is 6.24. The molecule has 0 aromatic heterocycles. The lowest BCUT2D eigenvalue weighted by atomic mass is 9.90. The van der Waals surface area contributed by atoms with Crippen LogP contribution in [-0.4, -0.2) is 12.5 Å². The predicted molar refractivity (Wildman–Crippen MR) is 88.4 cm³/mol. The molecule has 0 heterocycles. The molecule has 1 amide bonds. The van der Waals surface area contributed by atoms with Crippen LogP contribution >= 0.6 is 12.4 Å². The van der Waals surface area contributed by atoms with Gasteiger partial charge in [-0.05, 0) is 36.1 Å². The summed E-state index contributed by atoms with van der Waals surface area (Å²) in [6, 6.07) is 8.00. The molecule has 0 fully saturated rings. The SMILES string of the molecule is CCNCc1cccc(NC(=O)CCC(C)(C)C)c1.Cl. The van der Waals surface area contributed by atoms with Crippen LogP contribution in [0, 0.1) is 5.41 Å². The third kappa shape index (κ3) is 8.18. The molecule has 1 aromatic carbocycles. The van der Waals surface area contributed by atoms with Gasteiger partial charge in [-0.2, -0.15) is 0 Å². The highest BCUT2D eigenvalue weighted by atomic mass is 35.5. The Labute approximate surface area is 128 Å². The quantitative estimate of drug-likeness (QED) is 0.834. The summed E-state index contributed by atoms with van der Waals surface area (Å²) in [5.41, 5.74) is 2.27. The average Bonchev–Trinajstić information content (AvgIpc) is 2.33. The molecule has 0 spiro atoms. The van der Waals surface area contributed by atoms with Crippen molar-refractivity contribution in [1.29, 1.82) is 0 Å². The fourth-order valence-electron chi connectivity index (χ4n) is 1.74. The second-order valence-electron chi connectivity index (χ2n) is 6.09. The van der Waals surface area contributed by atoms with Crippen molar-refractivity contribution < 1.29 is 4.79 Å². The van der Waals surface area contributed by atoms with E-state index in [2.05, 4.69) is 44.4 Å². The van der Waals surface area contributed by atoms with Gasteiger partial charge in [-0.1, -0.05) is 39.8 Å². The fourth-order valence-corrected chi connectivity index (χ4v) is 1.74. The summed E-state index contributed by atoms with van der Waals surface area (Å²) in [6.07, 6.45) is 1.47. The van der Waals surface area contributed by atoms with E-state index in [9.17, 15) is 4.79 Å². The Balaban J connectivity index is 0.00000361. The molecule has 0 atom stereocenters. The molecule has 3 nitrogen and oxygen atoms in total. The van der Waals surface area contributed by atoms with Crippen molar-refractivity contribution in [2.45, 2.75) is 47.1 Å². The van der Waals surface area contributed by atoms with Gasteiger partial charge in [-0.25, -0.2) is 0 Å². The number of hydrogen-bond acceptors (Lipinski definition) is 2. The molecule has 1 aromatic rings. The molecule has 0 unspecified atom stereocenters. The average molecular weight is 299 g/mol. The predicted octanol–water partition coefficient (Wildman–Crippen LogP) is 3.98. The lowest BCUT2D eigenvalue weighted by molar-refractivity contribution is -0.116. The second kappa shape index (κ2) is 8.98. The van der Waals surface area contributed by atoms with Crippen molar-refractivity contribution >= 4 is 24.0 Å². The van der Waals surface area contributed by atoms with Crippen LogP contribution < -0.4 is 10.6 Å². The standard InChI is InChI=1S/C16H26N2O.ClH/c1-5-17-12-13-7-6-8-14(11-13)18-15(19)9-10-16(2,3)4;/h6-8,11,17H,5,9-10,12H2,1-4H3,(H,18,19);1H. The van der Waals surface area contributed by atoms with E-state index < -0.39 is 0 Å². The Bertz CT molecular complexity index is 413. The molecule has 0 bridgehead atoms. The highest BCUT2D eigenvalue weighted by molar-refractivity contribution is 5.90. The Morgan fingerprint density at radius 2 is 1.95 bits per heavy atom. The number of anilines is 1. The second-order valence-corrected chi connectivity index (χ2v) is 6.09. The molecule has 0 aliphatic carbocycles. The molecule has 0 aliphatic heterocycles. The van der Waals surface area contributed by atoms with E-state index in [0.29, 0.717) is 6.42 Å². The summed E-state index contributed by atoms with van der Waals surface area (Å²) in [7, 11) is 0. The van der Waals surface area contributed by atoms with Gasteiger partial charge in [0.2, 0.25) is 5.91 Å². The van der Waals surface area contributed by atoms with Crippen LogP contribution in [0.25, 0.3) is 0 Å². The molecular formula is C16H27ClN2O. The van der Waals surface area contributed by atoms with Crippen LogP contribution in [-0.2, 0) is 11.3 Å². The van der Waals surface area contributed by atoms with Gasteiger partial charge in [0, 0.05) is 18.7 Å². The number of halogens is 1. The molecule has 0 radical (unpaired) electrons. The number of amides is 1. The van der Waals surface area contributed by atoms with Crippen molar-refractivity contribution in [2.24, 2.45) is 5.41 Å². The van der Waals surface area contributed by atoms with Crippen LogP contribution in [0.1, 0.15) is 46.1 Å². The van der Waals surface area contributed by atoms with Gasteiger partial charge >= 0.3 is 0 Å². The monoisotopic (exact) mass is 298 g/mol. The molecule has 4 heteroatoms. The van der Waals surface area contributed by atoms with E-state index in [1.54, 1.807) is 0 Å². The summed E-state index contributed by atoms with van der Waals surface area (Å²) in [6.45, 7) is 10.3. The summed E-state index contributed by atoms with van der Waals surface area (Å²) in [4.78, 5) is 11.9. The maximum atomic E-state index is 11.9. The molecule has 2 N–H and O–H groups in total. The number of benzene rings is 1. The molecule has 0 saturated carbocycles. The van der Waals surface area contributed by atoms with Crippen molar-refractivity contribution in [3.05, 3.63) is 29.8 Å². The first-order valence-electron chi connectivity index (χ1n) is 7.00. The fraction of sp³-hybridized carbons (Fsp3) is 0.562. The molecule has 0 aliphatic rings. The first-order valence-corrected chi connectivity index (χ1v) is 7.00. The minimum Gasteiger partial charge on any atom is -0.326 e. The van der Waals surface area contributed by atoms with Gasteiger partial charge < -0.3 is 10.6 Å². The minimum absolute atomic E-state index is 0. The highest BCUT2D eigenvalue weighted by Crippen LogP contribution is 2.21. The van der Waals surface area contributed by atoms with Gasteiger partial charge in [-0.3, -0.25) is 4.79 Å². The molecule has 1 rings (SSSR count). The smallest absolute Gasteiger partial charge is 0.224 e. The van der Waals surface area contributed by atoms with E-state index in [4.69, 9.17) is 0 Å². The van der Waals surface area contributed by atoms with E-state index in [-0.39, 0.29) is 23.7 Å². The lowest BCUT2D eigenvalue weighted by Crippen LogP contribution is -2.16. The molecule has 20 heavy (non-hydrogen) atoms. The summed E-state index contributed by atoms with van der Waals surface area (Å²) < 4.78 is 0. The van der Waals surface area contributed by atoms with Crippen LogP contribution in [0.4, 0.5) is 5.69 Å². The number of carbonyl (C=O) groups excluding carboxylic acids is 1. The van der Waals surface area contributed by atoms with Crippen LogP contribution in [0.2, 0.25) is 0 Å². The number of carbonyl (C=O) groups is 1. The van der Waals surface area contributed by atoms with E-state index >= 15 is 0 Å². The zero-order valence-corrected chi connectivity index (χ0v) is 13.8. The Morgan fingerprint density at radius 3 is 2.55 bits per heavy atom. The summed E-state index contributed by atoms with van der Waals surface area (Å²) >= 11 is 0.